The molecule has 1 atom stereocenters. The van der Waals surface area contributed by atoms with Crippen LogP contribution >= 0.6 is 0 Å². The van der Waals surface area contributed by atoms with E-state index in [1.807, 2.05) is 6.92 Å². The number of carbonyl (C=O) groups is 4. The number of hydrogen-bond donors (Lipinski definition) is 1. The van der Waals surface area contributed by atoms with Gasteiger partial charge in [-0.3, -0.25) is 19.3 Å². The zero-order valence-electron chi connectivity index (χ0n) is 18.6. The van der Waals surface area contributed by atoms with Gasteiger partial charge in [0.1, 0.15) is 11.3 Å². The lowest BCUT2D eigenvalue weighted by Crippen LogP contribution is -2.57. The lowest BCUT2D eigenvalue weighted by Gasteiger charge is -2.39. The molecule has 3 saturated heterocycles. The molecule has 0 bridgehead atoms. The number of benzene rings is 1. The third-order valence-electron chi connectivity index (χ3n) is 6.85. The molecule has 3 aliphatic rings. The first-order valence-electron chi connectivity index (χ1n) is 11.3. The van der Waals surface area contributed by atoms with Crippen LogP contribution in [-0.2, 0) is 9.59 Å². The number of nitrogens with zero attached hydrogens (tertiary/aromatic N) is 3. The van der Waals surface area contributed by atoms with E-state index in [-0.39, 0.29) is 23.8 Å². The number of ether oxygens (including phenoxy) is 1. The van der Waals surface area contributed by atoms with Crippen molar-refractivity contribution in [2.45, 2.75) is 50.6 Å². The first kappa shape index (κ1) is 22.1. The highest BCUT2D eigenvalue weighted by atomic mass is 16.5. The summed E-state index contributed by atoms with van der Waals surface area (Å²) in [6.45, 7) is 3.64. The van der Waals surface area contributed by atoms with Crippen molar-refractivity contribution < 1.29 is 23.9 Å². The number of nitrogens with one attached hydrogen (secondary N) is 1. The van der Waals surface area contributed by atoms with Gasteiger partial charge in [0, 0.05) is 38.2 Å². The molecule has 3 fully saturated rings. The highest BCUT2D eigenvalue weighted by Gasteiger charge is 2.54. The van der Waals surface area contributed by atoms with Crippen LogP contribution < -0.4 is 10.1 Å². The molecule has 5 amide bonds. The van der Waals surface area contributed by atoms with Crippen molar-refractivity contribution in [3.63, 3.8) is 0 Å². The average Bonchev–Trinajstić information content (AvgIpc) is 3.07. The lowest BCUT2D eigenvalue weighted by atomic mass is 9.87. The molecule has 3 aliphatic heterocycles. The Morgan fingerprint density at radius 2 is 1.78 bits per heavy atom. The van der Waals surface area contributed by atoms with Gasteiger partial charge in [-0.1, -0.05) is 6.92 Å². The Kier molecular flexibility index (Phi) is 6.08. The second-order valence-electron chi connectivity index (χ2n) is 8.70. The fraction of sp³-hybridized carbons (Fsp3) is 0.565. The van der Waals surface area contributed by atoms with Crippen molar-refractivity contribution in [3.8, 4) is 5.75 Å². The van der Waals surface area contributed by atoms with Crippen molar-refractivity contribution in [2.24, 2.45) is 0 Å². The summed E-state index contributed by atoms with van der Waals surface area (Å²) in [4.78, 5) is 56.0. The second kappa shape index (κ2) is 8.80. The van der Waals surface area contributed by atoms with Gasteiger partial charge in [-0.05, 0) is 49.9 Å². The molecule has 1 aromatic rings. The standard InChI is InChI=1S/C23H30N4O5/c1-3-19(28)25-13-10-23(11-14-25)21(30)27(22(31)24-23)17-5-4-12-26(15-17)20(29)16-6-8-18(32-2)9-7-16/h6-9,17H,3-5,10-15H2,1-2H3,(H,24,31)/t17-/m0/s1. The molecule has 32 heavy (non-hydrogen) atoms. The Balaban J connectivity index is 1.44. The number of piperidine rings is 2. The largest absolute Gasteiger partial charge is 0.497 e. The van der Waals surface area contributed by atoms with Gasteiger partial charge in [0.2, 0.25) is 5.91 Å². The van der Waals surface area contributed by atoms with E-state index < -0.39 is 11.6 Å². The molecule has 4 rings (SSSR count). The molecular weight excluding hydrogens is 412 g/mol. The molecule has 3 heterocycles. The van der Waals surface area contributed by atoms with Crippen LogP contribution in [0.4, 0.5) is 4.79 Å². The van der Waals surface area contributed by atoms with Crippen molar-refractivity contribution in [2.75, 3.05) is 33.3 Å². The molecule has 0 saturated carbocycles. The van der Waals surface area contributed by atoms with E-state index in [2.05, 4.69) is 5.32 Å². The summed E-state index contributed by atoms with van der Waals surface area (Å²) in [5, 5.41) is 2.91. The first-order valence-corrected chi connectivity index (χ1v) is 11.3. The van der Waals surface area contributed by atoms with Crippen LogP contribution in [0.15, 0.2) is 24.3 Å². The Bertz CT molecular complexity index is 907. The van der Waals surface area contributed by atoms with E-state index in [1.54, 1.807) is 41.2 Å². The third kappa shape index (κ3) is 3.91. The van der Waals surface area contributed by atoms with E-state index in [9.17, 15) is 19.2 Å². The number of amides is 5. The molecule has 9 heteroatoms. The van der Waals surface area contributed by atoms with Gasteiger partial charge in [-0.25, -0.2) is 4.79 Å². The van der Waals surface area contributed by atoms with Crippen molar-refractivity contribution in [1.29, 1.82) is 0 Å². The van der Waals surface area contributed by atoms with Gasteiger partial charge in [-0.15, -0.1) is 0 Å². The predicted molar refractivity (Wildman–Crippen MR) is 116 cm³/mol. The van der Waals surface area contributed by atoms with Gasteiger partial charge >= 0.3 is 6.03 Å². The zero-order chi connectivity index (χ0) is 22.9. The minimum Gasteiger partial charge on any atom is -0.497 e. The number of urea groups is 1. The van der Waals surface area contributed by atoms with E-state index in [0.717, 1.165) is 6.42 Å². The average molecular weight is 443 g/mol. The number of rotatable bonds is 4. The minimum atomic E-state index is -0.941. The summed E-state index contributed by atoms with van der Waals surface area (Å²) in [7, 11) is 1.57. The maximum Gasteiger partial charge on any atom is 0.325 e. The van der Waals surface area contributed by atoms with Crippen LogP contribution in [0.25, 0.3) is 0 Å². The van der Waals surface area contributed by atoms with Crippen LogP contribution in [-0.4, -0.2) is 83.3 Å². The van der Waals surface area contributed by atoms with Gasteiger partial charge in [0.15, 0.2) is 0 Å². The third-order valence-corrected chi connectivity index (χ3v) is 6.85. The van der Waals surface area contributed by atoms with Crippen molar-refractivity contribution in [3.05, 3.63) is 29.8 Å². The summed E-state index contributed by atoms with van der Waals surface area (Å²) in [5.74, 6) is 0.392. The molecule has 0 unspecified atom stereocenters. The SMILES string of the molecule is CCC(=O)N1CCC2(CC1)NC(=O)N([C@H]1CCCN(C(=O)c3ccc(OC)cc3)C1)C2=O. The Morgan fingerprint density at radius 1 is 1.09 bits per heavy atom. The lowest BCUT2D eigenvalue weighted by molar-refractivity contribution is -0.139. The predicted octanol–water partition coefficient (Wildman–Crippen LogP) is 1.62. The number of carbonyl (C=O) groups excluding carboxylic acids is 4. The molecule has 1 spiro atoms. The van der Waals surface area contributed by atoms with Crippen LogP contribution in [0.3, 0.4) is 0 Å². The first-order chi connectivity index (χ1) is 15.4. The van der Waals surface area contributed by atoms with Crippen LogP contribution in [0.2, 0.25) is 0 Å². The van der Waals surface area contributed by atoms with Gasteiger partial charge in [0.25, 0.3) is 11.8 Å². The van der Waals surface area contributed by atoms with Crippen molar-refractivity contribution >= 4 is 23.8 Å². The highest BCUT2D eigenvalue weighted by molar-refractivity contribution is 6.07. The molecule has 172 valence electrons. The molecule has 0 radical (unpaired) electrons. The maximum absolute atomic E-state index is 13.4. The summed E-state index contributed by atoms with van der Waals surface area (Å²) in [6, 6.07) is 6.18. The highest BCUT2D eigenvalue weighted by Crippen LogP contribution is 2.32. The van der Waals surface area contributed by atoms with Crippen LogP contribution in [0.1, 0.15) is 49.4 Å². The van der Waals surface area contributed by atoms with E-state index >= 15 is 0 Å². The fourth-order valence-electron chi connectivity index (χ4n) is 4.94. The Morgan fingerprint density at radius 3 is 2.41 bits per heavy atom. The molecule has 1 N–H and O–H groups in total. The number of likely N-dealkylation sites (tertiary alicyclic amines) is 2. The van der Waals surface area contributed by atoms with Gasteiger partial charge in [0.05, 0.1) is 13.2 Å². The van der Waals surface area contributed by atoms with Gasteiger partial charge < -0.3 is 19.9 Å². The van der Waals surface area contributed by atoms with Crippen molar-refractivity contribution in [1.82, 2.24) is 20.0 Å². The number of methoxy groups -OCH3 is 1. The second-order valence-corrected chi connectivity index (χ2v) is 8.70. The smallest absolute Gasteiger partial charge is 0.325 e. The number of imide groups is 1. The fourth-order valence-corrected chi connectivity index (χ4v) is 4.94. The quantitative estimate of drug-likeness (QED) is 0.715. The zero-order valence-corrected chi connectivity index (χ0v) is 18.6. The molecule has 1 aromatic carbocycles. The Labute approximate surface area is 187 Å². The molecule has 0 aromatic heterocycles. The van der Waals surface area contributed by atoms with E-state index in [1.165, 1.54) is 4.90 Å². The Hall–Kier alpha value is -3.10. The maximum atomic E-state index is 13.4. The normalized spacial score (nSPS) is 22.8. The molecule has 0 aliphatic carbocycles. The van der Waals surface area contributed by atoms with Crippen LogP contribution in [0, 0.1) is 0 Å². The van der Waals surface area contributed by atoms with Crippen LogP contribution in [0.5, 0.6) is 5.75 Å². The minimum absolute atomic E-state index is 0.0634. The van der Waals surface area contributed by atoms with Gasteiger partial charge in [-0.2, -0.15) is 0 Å². The summed E-state index contributed by atoms with van der Waals surface area (Å²) in [6.07, 6.45) is 2.65. The molecular formula is C23H30N4O5. The topological polar surface area (TPSA) is 99.3 Å². The number of hydrogen-bond acceptors (Lipinski definition) is 5. The van der Waals surface area contributed by atoms with E-state index in [0.29, 0.717) is 63.2 Å². The summed E-state index contributed by atoms with van der Waals surface area (Å²) >= 11 is 0. The summed E-state index contributed by atoms with van der Waals surface area (Å²) < 4.78 is 5.15. The monoisotopic (exact) mass is 442 g/mol. The molecule has 9 nitrogen and oxygen atoms in total. The summed E-state index contributed by atoms with van der Waals surface area (Å²) in [5.41, 5.74) is -0.391. The van der Waals surface area contributed by atoms with E-state index in [4.69, 9.17) is 4.74 Å².